The summed E-state index contributed by atoms with van der Waals surface area (Å²) in [5.74, 6) is 0.459. The summed E-state index contributed by atoms with van der Waals surface area (Å²) in [4.78, 5) is 14.1. The number of likely N-dealkylation sites (N-methyl/N-ethyl adjacent to an activating group) is 1. The molecule has 0 aliphatic carbocycles. The van der Waals surface area contributed by atoms with Gasteiger partial charge in [0.2, 0.25) is 0 Å². The highest BCUT2D eigenvalue weighted by Gasteiger charge is 2.27. The Morgan fingerprint density at radius 2 is 2.05 bits per heavy atom. The molecule has 5 nitrogen and oxygen atoms in total. The van der Waals surface area contributed by atoms with Crippen molar-refractivity contribution in [2.75, 3.05) is 18.6 Å². The lowest BCUT2D eigenvalue weighted by Gasteiger charge is -2.26. The van der Waals surface area contributed by atoms with E-state index in [2.05, 4.69) is 5.10 Å². The van der Waals surface area contributed by atoms with Gasteiger partial charge in [-0.3, -0.25) is 4.68 Å². The number of benzene rings is 1. The third kappa shape index (κ3) is 2.99. The second-order valence-electron chi connectivity index (χ2n) is 4.52. The molecule has 0 saturated heterocycles. The molecule has 1 atom stereocenters. The number of ether oxygens (including phenoxy) is 1. The zero-order valence-electron chi connectivity index (χ0n) is 12.0. The van der Waals surface area contributed by atoms with Crippen LogP contribution in [0.5, 0.6) is 0 Å². The summed E-state index contributed by atoms with van der Waals surface area (Å²) in [5.41, 5.74) is 0.888. The molecule has 0 unspecified atom stereocenters. The number of rotatable bonds is 5. The Morgan fingerprint density at radius 3 is 2.60 bits per heavy atom. The van der Waals surface area contributed by atoms with Crippen LogP contribution in [0.25, 0.3) is 0 Å². The van der Waals surface area contributed by atoms with Crippen LogP contribution < -0.4 is 4.90 Å². The molecule has 1 aromatic heterocycles. The Balaban J connectivity index is 2.33. The van der Waals surface area contributed by atoms with Crippen molar-refractivity contribution in [1.29, 1.82) is 0 Å². The van der Waals surface area contributed by atoms with Crippen LogP contribution in [0.1, 0.15) is 18.5 Å². The van der Waals surface area contributed by atoms with E-state index < -0.39 is 6.04 Å². The Bertz CT molecular complexity index is 566. The van der Waals surface area contributed by atoms with Gasteiger partial charge >= 0.3 is 5.97 Å². The SMILES string of the molecule is CCOC(=O)[C@H](c1ccccc1)N(C)c1ccn(C)n1. The molecule has 0 bridgehead atoms. The van der Waals surface area contributed by atoms with Crippen molar-refractivity contribution in [3.63, 3.8) is 0 Å². The van der Waals surface area contributed by atoms with Crippen LogP contribution in [0.15, 0.2) is 42.6 Å². The molecule has 0 N–H and O–H groups in total. The van der Waals surface area contributed by atoms with Crippen LogP contribution >= 0.6 is 0 Å². The first-order valence-electron chi connectivity index (χ1n) is 6.57. The Labute approximate surface area is 118 Å². The van der Waals surface area contributed by atoms with Crippen LogP contribution in [0.3, 0.4) is 0 Å². The standard InChI is InChI=1S/C15H19N3O2/c1-4-20-15(19)14(12-8-6-5-7-9-12)18(3)13-10-11-17(2)16-13/h5-11,14H,4H2,1-3H3/t14-/m0/s1. The van der Waals surface area contributed by atoms with Gasteiger partial charge in [0.15, 0.2) is 11.9 Å². The Morgan fingerprint density at radius 1 is 1.35 bits per heavy atom. The molecule has 5 heteroatoms. The van der Waals surface area contributed by atoms with E-state index in [4.69, 9.17) is 4.74 Å². The minimum atomic E-state index is -0.494. The van der Waals surface area contributed by atoms with E-state index in [0.717, 1.165) is 11.4 Å². The molecule has 0 spiro atoms. The van der Waals surface area contributed by atoms with E-state index in [-0.39, 0.29) is 5.97 Å². The lowest BCUT2D eigenvalue weighted by molar-refractivity contribution is -0.144. The first-order valence-corrected chi connectivity index (χ1v) is 6.57. The van der Waals surface area contributed by atoms with E-state index in [1.165, 1.54) is 0 Å². The van der Waals surface area contributed by atoms with E-state index in [1.54, 1.807) is 11.6 Å². The Kier molecular flexibility index (Phi) is 4.40. The number of hydrogen-bond acceptors (Lipinski definition) is 4. The summed E-state index contributed by atoms with van der Waals surface area (Å²) in [7, 11) is 3.69. The van der Waals surface area contributed by atoms with Crippen molar-refractivity contribution in [3.05, 3.63) is 48.2 Å². The van der Waals surface area contributed by atoms with Gasteiger partial charge < -0.3 is 9.64 Å². The third-order valence-corrected chi connectivity index (χ3v) is 3.07. The second-order valence-corrected chi connectivity index (χ2v) is 4.52. The first kappa shape index (κ1) is 14.1. The molecule has 0 aliphatic rings. The fourth-order valence-electron chi connectivity index (χ4n) is 2.10. The minimum Gasteiger partial charge on any atom is -0.464 e. The topological polar surface area (TPSA) is 47.4 Å². The number of hydrogen-bond donors (Lipinski definition) is 0. The molecule has 0 radical (unpaired) electrons. The molecular weight excluding hydrogens is 254 g/mol. The van der Waals surface area contributed by atoms with Gasteiger partial charge in [0.05, 0.1) is 6.61 Å². The van der Waals surface area contributed by atoms with Crippen molar-refractivity contribution in [2.24, 2.45) is 7.05 Å². The van der Waals surface area contributed by atoms with Gasteiger partial charge in [-0.25, -0.2) is 4.79 Å². The summed E-state index contributed by atoms with van der Waals surface area (Å²) in [6.45, 7) is 2.17. The molecular formula is C15H19N3O2. The largest absolute Gasteiger partial charge is 0.464 e. The van der Waals surface area contributed by atoms with Crippen LogP contribution in [-0.2, 0) is 16.6 Å². The summed E-state index contributed by atoms with van der Waals surface area (Å²) in [6.07, 6.45) is 1.85. The first-order chi connectivity index (χ1) is 9.63. The van der Waals surface area contributed by atoms with Gasteiger partial charge in [-0.15, -0.1) is 0 Å². The minimum absolute atomic E-state index is 0.271. The highest BCUT2D eigenvalue weighted by Crippen LogP contribution is 2.25. The van der Waals surface area contributed by atoms with Crippen LogP contribution in [-0.4, -0.2) is 29.4 Å². The quantitative estimate of drug-likeness (QED) is 0.783. The fourth-order valence-corrected chi connectivity index (χ4v) is 2.10. The van der Waals surface area contributed by atoms with Crippen molar-refractivity contribution < 1.29 is 9.53 Å². The summed E-state index contributed by atoms with van der Waals surface area (Å²) < 4.78 is 6.90. The zero-order chi connectivity index (χ0) is 14.5. The van der Waals surface area contributed by atoms with E-state index >= 15 is 0 Å². The third-order valence-electron chi connectivity index (χ3n) is 3.07. The number of nitrogens with zero attached hydrogens (tertiary/aromatic N) is 3. The second kappa shape index (κ2) is 6.23. The zero-order valence-corrected chi connectivity index (χ0v) is 12.0. The smallest absolute Gasteiger partial charge is 0.333 e. The van der Waals surface area contributed by atoms with Gasteiger partial charge in [0.1, 0.15) is 0 Å². The number of esters is 1. The normalized spacial score (nSPS) is 11.9. The van der Waals surface area contributed by atoms with E-state index in [0.29, 0.717) is 6.61 Å². The fraction of sp³-hybridized carbons (Fsp3) is 0.333. The molecule has 106 valence electrons. The lowest BCUT2D eigenvalue weighted by Crippen LogP contribution is -2.32. The number of anilines is 1. The van der Waals surface area contributed by atoms with Crippen LogP contribution in [0.4, 0.5) is 5.82 Å². The van der Waals surface area contributed by atoms with Crippen molar-refractivity contribution in [2.45, 2.75) is 13.0 Å². The van der Waals surface area contributed by atoms with E-state index in [1.807, 2.05) is 61.6 Å². The molecule has 0 amide bonds. The molecule has 0 aliphatic heterocycles. The van der Waals surface area contributed by atoms with Crippen molar-refractivity contribution >= 4 is 11.8 Å². The van der Waals surface area contributed by atoms with Crippen LogP contribution in [0, 0.1) is 0 Å². The number of aromatic nitrogens is 2. The molecule has 20 heavy (non-hydrogen) atoms. The van der Waals surface area contributed by atoms with Gasteiger partial charge in [0, 0.05) is 26.4 Å². The average Bonchev–Trinajstić information content (AvgIpc) is 2.87. The molecule has 0 saturated carbocycles. The summed E-state index contributed by atoms with van der Waals surface area (Å²) >= 11 is 0. The lowest BCUT2D eigenvalue weighted by atomic mass is 10.1. The van der Waals surface area contributed by atoms with E-state index in [9.17, 15) is 4.79 Å². The molecule has 1 heterocycles. The van der Waals surface area contributed by atoms with Gasteiger partial charge in [-0.1, -0.05) is 30.3 Å². The highest BCUT2D eigenvalue weighted by atomic mass is 16.5. The number of carbonyl (C=O) groups excluding carboxylic acids is 1. The number of carbonyl (C=O) groups is 1. The molecule has 2 rings (SSSR count). The maximum Gasteiger partial charge on any atom is 0.333 e. The predicted molar refractivity (Wildman–Crippen MR) is 77.4 cm³/mol. The van der Waals surface area contributed by atoms with Gasteiger partial charge in [-0.05, 0) is 12.5 Å². The maximum absolute atomic E-state index is 12.3. The van der Waals surface area contributed by atoms with Crippen LogP contribution in [0.2, 0.25) is 0 Å². The molecule has 2 aromatic rings. The predicted octanol–water partition coefficient (Wildman–Crippen LogP) is 2.16. The molecule has 0 fully saturated rings. The summed E-state index contributed by atoms with van der Waals surface area (Å²) in [5, 5.41) is 4.33. The van der Waals surface area contributed by atoms with Crippen molar-refractivity contribution in [1.82, 2.24) is 9.78 Å². The monoisotopic (exact) mass is 273 g/mol. The maximum atomic E-state index is 12.3. The number of aryl methyl sites for hydroxylation is 1. The van der Waals surface area contributed by atoms with Crippen molar-refractivity contribution in [3.8, 4) is 0 Å². The highest BCUT2D eigenvalue weighted by molar-refractivity contribution is 5.81. The average molecular weight is 273 g/mol. The van der Waals surface area contributed by atoms with Gasteiger partial charge in [-0.2, -0.15) is 5.10 Å². The van der Waals surface area contributed by atoms with Gasteiger partial charge in [0.25, 0.3) is 0 Å². The Hall–Kier alpha value is -2.30. The molecule has 1 aromatic carbocycles. The summed E-state index contributed by atoms with van der Waals surface area (Å²) in [6, 6.07) is 11.0.